The maximum absolute atomic E-state index is 5.30. The Hall–Kier alpha value is -7.80. The molecule has 288 valence electrons. The second kappa shape index (κ2) is 15.8. The van der Waals surface area contributed by atoms with Gasteiger partial charge in [0.15, 0.2) is 17.5 Å². The van der Waals surface area contributed by atoms with E-state index in [1.54, 1.807) is 0 Å². The van der Waals surface area contributed by atoms with Crippen molar-refractivity contribution in [3.63, 3.8) is 0 Å². The van der Waals surface area contributed by atoms with Crippen molar-refractivity contribution in [2.45, 2.75) is 6.17 Å². The average Bonchev–Trinajstić information content (AvgIpc) is 3.73. The summed E-state index contributed by atoms with van der Waals surface area (Å²) >= 11 is 1.84. The third kappa shape index (κ3) is 7.30. The molecule has 2 aromatic heterocycles. The minimum atomic E-state index is -0.282. The van der Waals surface area contributed by atoms with E-state index in [1.165, 1.54) is 20.2 Å². The number of aliphatic imine (C=N–C) groups is 1. The van der Waals surface area contributed by atoms with Crippen molar-refractivity contribution in [3.05, 3.63) is 229 Å². The molecule has 0 aliphatic carbocycles. The van der Waals surface area contributed by atoms with Gasteiger partial charge < -0.3 is 5.32 Å². The quantitative estimate of drug-likeness (QED) is 0.166. The van der Waals surface area contributed by atoms with Crippen LogP contribution in [0.25, 0.3) is 82.3 Å². The molecule has 6 heteroatoms. The molecule has 1 unspecified atom stereocenters. The van der Waals surface area contributed by atoms with Gasteiger partial charge in [-0.15, -0.1) is 11.3 Å². The van der Waals surface area contributed by atoms with E-state index in [0.717, 1.165) is 67.0 Å². The third-order valence-electron chi connectivity index (χ3n) is 11.2. The first-order chi connectivity index (χ1) is 30.2. The van der Waals surface area contributed by atoms with Gasteiger partial charge in [0.2, 0.25) is 0 Å². The lowest BCUT2D eigenvalue weighted by molar-refractivity contribution is 0.664. The minimum absolute atomic E-state index is 0.282. The molecule has 0 amide bonds. The Morgan fingerprint density at radius 3 is 1.51 bits per heavy atom. The van der Waals surface area contributed by atoms with E-state index in [4.69, 9.17) is 19.9 Å². The van der Waals surface area contributed by atoms with Crippen molar-refractivity contribution in [1.29, 1.82) is 0 Å². The van der Waals surface area contributed by atoms with Crippen molar-refractivity contribution in [2.75, 3.05) is 0 Å². The first-order valence-electron chi connectivity index (χ1n) is 20.4. The number of nitrogens with zero attached hydrogens (tertiary/aromatic N) is 4. The highest BCUT2D eigenvalue weighted by Gasteiger charge is 2.21. The summed E-state index contributed by atoms with van der Waals surface area (Å²) in [6.07, 6.45) is 1.90. The first-order valence-corrected chi connectivity index (χ1v) is 21.2. The van der Waals surface area contributed by atoms with Crippen LogP contribution in [0.3, 0.4) is 0 Å². The van der Waals surface area contributed by atoms with Crippen molar-refractivity contribution in [1.82, 2.24) is 20.3 Å². The number of rotatable bonds is 8. The number of fused-ring (bicyclic) bond motifs is 3. The predicted molar refractivity (Wildman–Crippen MR) is 253 cm³/mol. The zero-order valence-electron chi connectivity index (χ0n) is 33.0. The van der Waals surface area contributed by atoms with Gasteiger partial charge in [-0.2, -0.15) is 0 Å². The summed E-state index contributed by atoms with van der Waals surface area (Å²) in [5.41, 5.74) is 12.6. The molecule has 1 aliphatic rings. The summed E-state index contributed by atoms with van der Waals surface area (Å²) < 4.78 is 2.58. The van der Waals surface area contributed by atoms with Gasteiger partial charge >= 0.3 is 0 Å². The Morgan fingerprint density at radius 1 is 0.361 bits per heavy atom. The molecule has 1 aliphatic heterocycles. The van der Waals surface area contributed by atoms with Crippen LogP contribution in [-0.4, -0.2) is 20.7 Å². The summed E-state index contributed by atoms with van der Waals surface area (Å²) in [5, 5.41) is 6.40. The second-order valence-corrected chi connectivity index (χ2v) is 16.2. The normalized spacial score (nSPS) is 13.7. The number of nitrogens with one attached hydrogen (secondary N) is 1. The van der Waals surface area contributed by atoms with Crippen LogP contribution in [0.2, 0.25) is 0 Å². The van der Waals surface area contributed by atoms with Gasteiger partial charge in [-0.3, -0.25) is 4.99 Å². The number of allylic oxidation sites excluding steroid dienone is 1. The predicted octanol–water partition coefficient (Wildman–Crippen LogP) is 13.7. The Balaban J connectivity index is 0.925. The highest BCUT2D eigenvalue weighted by Crippen LogP contribution is 2.37. The molecule has 8 aromatic carbocycles. The molecular weight excluding hydrogens is 763 g/mol. The van der Waals surface area contributed by atoms with E-state index in [0.29, 0.717) is 17.5 Å². The molecule has 1 atom stereocenters. The monoisotopic (exact) mass is 799 g/mol. The van der Waals surface area contributed by atoms with Gasteiger partial charge in [0.25, 0.3) is 0 Å². The van der Waals surface area contributed by atoms with Crippen LogP contribution >= 0.6 is 11.3 Å². The summed E-state index contributed by atoms with van der Waals surface area (Å²) in [7, 11) is 0. The molecule has 11 rings (SSSR count). The molecule has 0 saturated heterocycles. The fourth-order valence-corrected chi connectivity index (χ4v) is 9.21. The maximum atomic E-state index is 5.30. The summed E-state index contributed by atoms with van der Waals surface area (Å²) in [6.45, 7) is 0. The van der Waals surface area contributed by atoms with Crippen molar-refractivity contribution < 1.29 is 0 Å². The molecule has 1 N–H and O–H groups in total. The van der Waals surface area contributed by atoms with E-state index in [1.807, 2.05) is 78.1 Å². The highest BCUT2D eigenvalue weighted by molar-refractivity contribution is 7.25. The average molecular weight is 800 g/mol. The van der Waals surface area contributed by atoms with Crippen molar-refractivity contribution in [2.24, 2.45) is 4.99 Å². The molecule has 5 nitrogen and oxygen atoms in total. The molecule has 10 aromatic rings. The Kier molecular flexibility index (Phi) is 9.37. The number of aromatic nitrogens is 3. The minimum Gasteiger partial charge on any atom is -0.360 e. The van der Waals surface area contributed by atoms with Crippen LogP contribution in [0.5, 0.6) is 0 Å². The van der Waals surface area contributed by atoms with Crippen LogP contribution in [0.1, 0.15) is 22.9 Å². The smallest absolute Gasteiger partial charge is 0.164 e. The molecule has 3 heterocycles. The van der Waals surface area contributed by atoms with Crippen molar-refractivity contribution in [3.8, 4) is 56.4 Å². The Morgan fingerprint density at radius 2 is 0.852 bits per heavy atom. The van der Waals surface area contributed by atoms with Gasteiger partial charge in [-0.05, 0) is 75.4 Å². The van der Waals surface area contributed by atoms with Crippen LogP contribution in [0.15, 0.2) is 217 Å². The molecule has 0 bridgehead atoms. The van der Waals surface area contributed by atoms with Gasteiger partial charge in [0, 0.05) is 42.6 Å². The zero-order valence-corrected chi connectivity index (χ0v) is 33.8. The number of benzene rings is 8. The molecule has 0 radical (unpaired) electrons. The fourth-order valence-electron chi connectivity index (χ4n) is 8.06. The van der Waals surface area contributed by atoms with E-state index in [9.17, 15) is 0 Å². The van der Waals surface area contributed by atoms with E-state index < -0.39 is 0 Å². The molecule has 0 fully saturated rings. The second-order valence-electron chi connectivity index (χ2n) is 15.1. The third-order valence-corrected chi connectivity index (χ3v) is 12.3. The SMILES string of the molecule is C1=C(c2ccc3c(c2)sc2ccccc23)NC(c2cccc(-c3cccc(-c4cccc(-c5nc(-c6ccccc6)nc(-c6ccccc6)n5)c4)c3)c2)N=C1c1ccccc1. The van der Waals surface area contributed by atoms with Gasteiger partial charge in [0.05, 0.1) is 5.71 Å². The lowest BCUT2D eigenvalue weighted by Gasteiger charge is -2.25. The molecule has 0 saturated carbocycles. The van der Waals surface area contributed by atoms with Gasteiger partial charge in [-0.25, -0.2) is 15.0 Å². The maximum Gasteiger partial charge on any atom is 0.164 e. The number of hydrogen-bond acceptors (Lipinski definition) is 6. The van der Waals surface area contributed by atoms with E-state index >= 15 is 0 Å². The highest BCUT2D eigenvalue weighted by atomic mass is 32.1. The van der Waals surface area contributed by atoms with Gasteiger partial charge in [0.1, 0.15) is 6.17 Å². The summed E-state index contributed by atoms with van der Waals surface area (Å²) in [6, 6.07) is 72.0. The van der Waals surface area contributed by atoms with Crippen LogP contribution in [0.4, 0.5) is 0 Å². The largest absolute Gasteiger partial charge is 0.360 e. The lowest BCUT2D eigenvalue weighted by Crippen LogP contribution is -2.24. The first kappa shape index (κ1) is 36.3. The molecule has 0 spiro atoms. The molecular formula is C55H37N5S. The van der Waals surface area contributed by atoms with Gasteiger partial charge in [-0.1, -0.05) is 176 Å². The van der Waals surface area contributed by atoms with E-state index in [-0.39, 0.29) is 6.17 Å². The standard InChI is InChI=1S/C55H37N5S/c1-4-15-36(16-5-1)48-35-49(43-29-30-47-46-27-10-11-28-50(46)61-51(47)34-43)57-54(56-48)44-25-13-23-41(32-44)39-21-12-22-40(31-39)42-24-14-26-45(33-42)55-59-52(37-17-6-2-7-18-37)58-53(60-55)38-19-8-3-9-20-38/h1-35,54,57H. The summed E-state index contributed by atoms with van der Waals surface area (Å²) in [5.74, 6) is 1.92. The zero-order chi connectivity index (χ0) is 40.5. The fraction of sp³-hybridized carbons (Fsp3) is 0.0182. The van der Waals surface area contributed by atoms with Crippen LogP contribution in [0, 0.1) is 0 Å². The number of thiophene rings is 1. The Bertz CT molecular complexity index is 3220. The topological polar surface area (TPSA) is 63.1 Å². The van der Waals surface area contributed by atoms with Crippen molar-refractivity contribution >= 4 is 42.9 Å². The van der Waals surface area contributed by atoms with Crippen LogP contribution < -0.4 is 5.32 Å². The Labute approximate surface area is 358 Å². The summed E-state index contributed by atoms with van der Waals surface area (Å²) in [4.78, 5) is 20.2. The number of hydrogen-bond donors (Lipinski definition) is 1. The molecule has 61 heavy (non-hydrogen) atoms. The van der Waals surface area contributed by atoms with Crippen LogP contribution in [-0.2, 0) is 0 Å². The lowest BCUT2D eigenvalue weighted by atomic mass is 9.96. The van der Waals surface area contributed by atoms with E-state index in [2.05, 4.69) is 151 Å².